The van der Waals surface area contributed by atoms with E-state index in [1.807, 2.05) is 18.2 Å². The second-order valence-corrected chi connectivity index (χ2v) is 7.43. The van der Waals surface area contributed by atoms with Gasteiger partial charge < -0.3 is 20.5 Å². The van der Waals surface area contributed by atoms with Crippen LogP contribution in [0.3, 0.4) is 0 Å². The zero-order chi connectivity index (χ0) is 18.5. The smallest absolute Gasteiger partial charge is 0.223 e. The van der Waals surface area contributed by atoms with Gasteiger partial charge >= 0.3 is 0 Å². The lowest BCUT2D eigenvalue weighted by Crippen LogP contribution is -2.51. The van der Waals surface area contributed by atoms with E-state index in [2.05, 4.69) is 10.6 Å². The summed E-state index contributed by atoms with van der Waals surface area (Å²) >= 11 is 6.08. The van der Waals surface area contributed by atoms with Crippen LogP contribution < -0.4 is 10.6 Å². The average molecular weight is 381 g/mol. The molecule has 0 radical (unpaired) electrons. The van der Waals surface area contributed by atoms with Gasteiger partial charge in [-0.25, -0.2) is 0 Å². The monoisotopic (exact) mass is 380 g/mol. The van der Waals surface area contributed by atoms with Crippen molar-refractivity contribution in [2.24, 2.45) is 5.92 Å². The van der Waals surface area contributed by atoms with E-state index in [1.165, 1.54) is 0 Å². The molecule has 6 nitrogen and oxygen atoms in total. The summed E-state index contributed by atoms with van der Waals surface area (Å²) in [6, 6.07) is 7.19. The molecule has 1 saturated heterocycles. The molecule has 2 aliphatic rings. The van der Waals surface area contributed by atoms with Gasteiger partial charge in [-0.2, -0.15) is 0 Å². The highest BCUT2D eigenvalue weighted by molar-refractivity contribution is 6.31. The van der Waals surface area contributed by atoms with E-state index in [0.29, 0.717) is 24.4 Å². The summed E-state index contributed by atoms with van der Waals surface area (Å²) in [6.45, 7) is 0.197. The molecule has 1 aliphatic heterocycles. The Balaban J connectivity index is 1.44. The molecule has 142 valence electrons. The van der Waals surface area contributed by atoms with E-state index >= 15 is 0 Å². The largest absolute Gasteiger partial charge is 0.394 e. The van der Waals surface area contributed by atoms with Crippen molar-refractivity contribution in [3.8, 4) is 0 Å². The Morgan fingerprint density at radius 3 is 2.65 bits per heavy atom. The van der Waals surface area contributed by atoms with Gasteiger partial charge in [0.1, 0.15) is 6.10 Å². The first-order valence-electron chi connectivity index (χ1n) is 9.13. The molecule has 1 aromatic rings. The Morgan fingerprint density at radius 1 is 1.19 bits per heavy atom. The van der Waals surface area contributed by atoms with E-state index in [4.69, 9.17) is 16.3 Å². The van der Waals surface area contributed by atoms with Crippen LogP contribution in [-0.4, -0.2) is 41.8 Å². The predicted molar refractivity (Wildman–Crippen MR) is 97.6 cm³/mol. The number of hydrogen-bond acceptors (Lipinski definition) is 4. The van der Waals surface area contributed by atoms with E-state index < -0.39 is 6.10 Å². The first-order chi connectivity index (χ1) is 12.6. The first-order valence-corrected chi connectivity index (χ1v) is 9.51. The first kappa shape index (κ1) is 19.1. The number of carbonyl (C=O) groups excluding carboxylic acids is 2. The molecule has 1 heterocycles. The Kier molecular flexibility index (Phi) is 6.51. The van der Waals surface area contributed by atoms with Crippen LogP contribution in [0.4, 0.5) is 0 Å². The third-order valence-corrected chi connectivity index (χ3v) is 5.29. The lowest BCUT2D eigenvalue weighted by atomic mass is 9.96. The van der Waals surface area contributed by atoms with Gasteiger partial charge in [0.15, 0.2) is 0 Å². The molecular weight excluding hydrogens is 356 g/mol. The van der Waals surface area contributed by atoms with Gasteiger partial charge in [0.05, 0.1) is 25.2 Å². The molecule has 3 rings (SSSR count). The molecule has 0 bridgehead atoms. The van der Waals surface area contributed by atoms with E-state index in [0.717, 1.165) is 18.4 Å². The minimum absolute atomic E-state index is 0.0491. The molecule has 2 amide bonds. The Morgan fingerprint density at radius 2 is 1.96 bits per heavy atom. The minimum Gasteiger partial charge on any atom is -0.394 e. The van der Waals surface area contributed by atoms with Crippen LogP contribution in [0.15, 0.2) is 24.3 Å². The van der Waals surface area contributed by atoms with Gasteiger partial charge in [0.25, 0.3) is 0 Å². The maximum absolute atomic E-state index is 12.2. The van der Waals surface area contributed by atoms with Crippen LogP contribution in [0.2, 0.25) is 5.02 Å². The fraction of sp³-hybridized carbons (Fsp3) is 0.579. The zero-order valence-corrected chi connectivity index (χ0v) is 15.4. The third kappa shape index (κ3) is 5.19. The Labute approximate surface area is 158 Å². The predicted octanol–water partition coefficient (Wildman–Crippen LogP) is 1.78. The van der Waals surface area contributed by atoms with Gasteiger partial charge in [0, 0.05) is 17.5 Å². The number of aliphatic hydroxyl groups excluding tert-OH is 1. The van der Waals surface area contributed by atoms with Crippen molar-refractivity contribution in [3.63, 3.8) is 0 Å². The van der Waals surface area contributed by atoms with Crippen molar-refractivity contribution in [2.75, 3.05) is 6.61 Å². The topological polar surface area (TPSA) is 87.7 Å². The highest BCUT2D eigenvalue weighted by Crippen LogP contribution is 2.30. The van der Waals surface area contributed by atoms with Gasteiger partial charge in [-0.15, -0.1) is 0 Å². The fourth-order valence-electron chi connectivity index (χ4n) is 3.21. The van der Waals surface area contributed by atoms with Crippen molar-refractivity contribution in [1.82, 2.24) is 10.6 Å². The van der Waals surface area contributed by atoms with Gasteiger partial charge in [0.2, 0.25) is 11.8 Å². The molecule has 1 saturated carbocycles. The van der Waals surface area contributed by atoms with Gasteiger partial charge in [-0.1, -0.05) is 29.8 Å². The molecular formula is C19H25ClN2O4. The highest BCUT2D eigenvalue weighted by atomic mass is 35.5. The summed E-state index contributed by atoms with van der Waals surface area (Å²) < 4.78 is 5.84. The van der Waals surface area contributed by atoms with Crippen LogP contribution in [0.5, 0.6) is 0 Å². The molecule has 0 aromatic heterocycles. The lowest BCUT2D eigenvalue weighted by molar-refractivity contribution is -0.136. The molecule has 3 N–H and O–H groups in total. The van der Waals surface area contributed by atoms with Crippen LogP contribution >= 0.6 is 11.6 Å². The second-order valence-electron chi connectivity index (χ2n) is 7.02. The third-order valence-electron chi connectivity index (χ3n) is 4.92. The molecule has 7 heteroatoms. The van der Waals surface area contributed by atoms with Gasteiger partial charge in [-0.3, -0.25) is 9.59 Å². The average Bonchev–Trinajstić information content (AvgIpc) is 3.47. The van der Waals surface area contributed by atoms with Crippen molar-refractivity contribution in [1.29, 1.82) is 0 Å². The number of ether oxygens (including phenoxy) is 1. The molecule has 0 unspecified atom stereocenters. The number of halogens is 1. The number of amides is 2. The number of benzene rings is 1. The summed E-state index contributed by atoms with van der Waals surface area (Å²) in [7, 11) is 0. The standard InChI is InChI=1S/C19H25ClN2O4/c20-15-4-2-1-3-13(15)10-21-18(24)9-14-7-8-16(17(11-23)26-14)22-19(25)12-5-6-12/h1-4,12,14,16-17,23H,5-11H2,(H,21,24)(H,22,25)/t14-,16+,17-/m1/s1. The summed E-state index contributed by atoms with van der Waals surface area (Å²) in [5.74, 6) is 0.0581. The summed E-state index contributed by atoms with van der Waals surface area (Å²) in [5, 5.41) is 16.0. The van der Waals surface area contributed by atoms with Crippen molar-refractivity contribution < 1.29 is 19.4 Å². The summed E-state index contributed by atoms with van der Waals surface area (Å²) in [5.41, 5.74) is 0.864. The number of hydrogen-bond donors (Lipinski definition) is 3. The maximum atomic E-state index is 12.2. The maximum Gasteiger partial charge on any atom is 0.223 e. The molecule has 3 atom stereocenters. The normalized spacial score (nSPS) is 25.5. The van der Waals surface area contributed by atoms with Crippen LogP contribution in [0, 0.1) is 5.92 Å². The second kappa shape index (κ2) is 8.84. The van der Waals surface area contributed by atoms with Crippen molar-refractivity contribution >= 4 is 23.4 Å². The minimum atomic E-state index is -0.465. The van der Waals surface area contributed by atoms with Crippen molar-refractivity contribution in [2.45, 2.75) is 56.9 Å². The van der Waals surface area contributed by atoms with E-state index in [-0.39, 0.29) is 42.9 Å². The highest BCUT2D eigenvalue weighted by Gasteiger charge is 2.36. The van der Waals surface area contributed by atoms with Crippen LogP contribution in [-0.2, 0) is 20.9 Å². The zero-order valence-electron chi connectivity index (χ0n) is 14.6. The number of aliphatic hydroxyl groups is 1. The number of rotatable bonds is 7. The summed E-state index contributed by atoms with van der Waals surface area (Å²) in [6.07, 6.45) is 2.76. The van der Waals surface area contributed by atoms with E-state index in [1.54, 1.807) is 6.07 Å². The SMILES string of the molecule is O=C(C[C@H]1CC[C@H](NC(=O)C2CC2)[C@@H](CO)O1)NCc1ccccc1Cl. The molecule has 2 fully saturated rings. The quantitative estimate of drug-likeness (QED) is 0.673. The number of nitrogens with one attached hydrogen (secondary N) is 2. The Hall–Kier alpha value is -1.63. The lowest BCUT2D eigenvalue weighted by Gasteiger charge is -2.36. The fourth-order valence-corrected chi connectivity index (χ4v) is 3.41. The Bertz CT molecular complexity index is 650. The van der Waals surface area contributed by atoms with Crippen LogP contribution in [0.1, 0.15) is 37.7 Å². The van der Waals surface area contributed by atoms with Gasteiger partial charge in [-0.05, 0) is 37.3 Å². The molecule has 26 heavy (non-hydrogen) atoms. The van der Waals surface area contributed by atoms with Crippen LogP contribution in [0.25, 0.3) is 0 Å². The molecule has 1 aromatic carbocycles. The van der Waals surface area contributed by atoms with E-state index in [9.17, 15) is 14.7 Å². The van der Waals surface area contributed by atoms with Crippen molar-refractivity contribution in [3.05, 3.63) is 34.9 Å². The molecule has 0 spiro atoms. The molecule has 1 aliphatic carbocycles. The number of carbonyl (C=O) groups is 2. The summed E-state index contributed by atoms with van der Waals surface area (Å²) in [4.78, 5) is 24.1.